The van der Waals surface area contributed by atoms with Crippen LogP contribution in [-0.2, 0) is 11.8 Å². The minimum Gasteiger partial charge on any atom is -0.496 e. The Hall–Kier alpha value is -1.32. The maximum absolute atomic E-state index is 5.49. The number of rotatable bonds is 4. The van der Waals surface area contributed by atoms with E-state index in [0.29, 0.717) is 0 Å². The molecule has 1 aliphatic rings. The van der Waals surface area contributed by atoms with E-state index < -0.39 is 0 Å². The average molecular weight is 332 g/mol. The summed E-state index contributed by atoms with van der Waals surface area (Å²) in [7, 11) is 1.74. The van der Waals surface area contributed by atoms with Crippen molar-refractivity contribution >= 4 is 15.9 Å². The Morgan fingerprint density at radius 3 is 2.60 bits per heavy atom. The van der Waals surface area contributed by atoms with Crippen LogP contribution in [0.2, 0.25) is 0 Å². The molecule has 104 valence electrons. The van der Waals surface area contributed by atoms with Crippen LogP contribution in [0.5, 0.6) is 5.75 Å². The normalized spacial score (nSPS) is 16.5. The van der Waals surface area contributed by atoms with Crippen LogP contribution < -0.4 is 10.1 Å². The lowest BCUT2D eigenvalue weighted by molar-refractivity contribution is 0.271. The van der Waals surface area contributed by atoms with Crippen LogP contribution in [0.4, 0.5) is 0 Å². The number of para-hydroxylation sites is 1. The van der Waals surface area contributed by atoms with Crippen molar-refractivity contribution in [1.82, 2.24) is 5.32 Å². The smallest absolute Gasteiger partial charge is 0.122 e. The molecule has 0 atom stereocenters. The molecule has 1 saturated heterocycles. The van der Waals surface area contributed by atoms with E-state index >= 15 is 0 Å². The van der Waals surface area contributed by atoms with Crippen LogP contribution in [0.15, 0.2) is 53.0 Å². The highest BCUT2D eigenvalue weighted by atomic mass is 79.9. The van der Waals surface area contributed by atoms with E-state index in [1.165, 1.54) is 11.1 Å². The van der Waals surface area contributed by atoms with Crippen molar-refractivity contribution in [2.75, 3.05) is 20.2 Å². The number of methoxy groups -OCH3 is 1. The van der Waals surface area contributed by atoms with E-state index in [0.717, 1.165) is 29.7 Å². The molecule has 1 heterocycles. The maximum atomic E-state index is 5.49. The average Bonchev–Trinajstić information content (AvgIpc) is 2.43. The van der Waals surface area contributed by atoms with Gasteiger partial charge in [-0.1, -0.05) is 46.3 Å². The van der Waals surface area contributed by atoms with Gasteiger partial charge in [0, 0.05) is 23.0 Å². The van der Waals surface area contributed by atoms with Crippen LogP contribution >= 0.6 is 15.9 Å². The van der Waals surface area contributed by atoms with Crippen LogP contribution in [0.1, 0.15) is 11.1 Å². The Balaban J connectivity index is 1.94. The highest BCUT2D eigenvalue weighted by Gasteiger charge is 2.39. The minimum atomic E-state index is 0.179. The number of ether oxygens (including phenoxy) is 1. The second-order valence-electron chi connectivity index (χ2n) is 5.38. The predicted molar refractivity (Wildman–Crippen MR) is 85.4 cm³/mol. The highest BCUT2D eigenvalue weighted by Crippen LogP contribution is 2.36. The SMILES string of the molecule is COc1ccccc1CC1(c2cccc(Br)c2)CNC1. The van der Waals surface area contributed by atoms with Crippen LogP contribution in [-0.4, -0.2) is 20.2 Å². The van der Waals surface area contributed by atoms with Gasteiger partial charge in [-0.25, -0.2) is 0 Å². The number of hydrogen-bond acceptors (Lipinski definition) is 2. The fourth-order valence-electron chi connectivity index (χ4n) is 2.89. The molecular formula is C17H18BrNO. The second-order valence-corrected chi connectivity index (χ2v) is 6.30. The van der Waals surface area contributed by atoms with Gasteiger partial charge < -0.3 is 10.1 Å². The first-order chi connectivity index (χ1) is 9.73. The number of benzene rings is 2. The van der Waals surface area contributed by atoms with Gasteiger partial charge in [0.1, 0.15) is 5.75 Å². The fraction of sp³-hybridized carbons (Fsp3) is 0.294. The van der Waals surface area contributed by atoms with E-state index in [-0.39, 0.29) is 5.41 Å². The van der Waals surface area contributed by atoms with Gasteiger partial charge in [0.25, 0.3) is 0 Å². The molecule has 0 bridgehead atoms. The molecule has 0 amide bonds. The standard InChI is InChI=1S/C17H18BrNO/c1-20-16-8-3-2-5-13(16)10-17(11-19-12-17)14-6-4-7-15(18)9-14/h2-9,19H,10-12H2,1H3. The topological polar surface area (TPSA) is 21.3 Å². The van der Waals surface area contributed by atoms with Crippen LogP contribution in [0.25, 0.3) is 0 Å². The van der Waals surface area contributed by atoms with Crippen molar-refractivity contribution in [3.8, 4) is 5.75 Å². The molecule has 0 radical (unpaired) electrons. The van der Waals surface area contributed by atoms with Gasteiger partial charge in [0.2, 0.25) is 0 Å². The Bertz CT molecular complexity index is 607. The lowest BCUT2D eigenvalue weighted by Gasteiger charge is -2.43. The third kappa shape index (κ3) is 2.48. The van der Waals surface area contributed by atoms with Crippen LogP contribution in [0, 0.1) is 0 Å². The molecule has 0 aromatic heterocycles. The largest absolute Gasteiger partial charge is 0.496 e. The summed E-state index contributed by atoms with van der Waals surface area (Å²) in [6, 6.07) is 16.9. The zero-order valence-corrected chi connectivity index (χ0v) is 13.1. The quantitative estimate of drug-likeness (QED) is 0.925. The molecule has 2 aromatic rings. The van der Waals surface area contributed by atoms with Gasteiger partial charge >= 0.3 is 0 Å². The minimum absolute atomic E-state index is 0.179. The van der Waals surface area contributed by atoms with E-state index in [1.54, 1.807) is 7.11 Å². The highest BCUT2D eigenvalue weighted by molar-refractivity contribution is 9.10. The Labute approximate surface area is 128 Å². The zero-order chi connectivity index (χ0) is 14.0. The van der Waals surface area contributed by atoms with Gasteiger partial charge in [0.05, 0.1) is 7.11 Å². The lowest BCUT2D eigenvalue weighted by Crippen LogP contribution is -2.58. The molecule has 0 unspecified atom stereocenters. The van der Waals surface area contributed by atoms with Crippen molar-refractivity contribution in [3.05, 3.63) is 64.1 Å². The number of hydrogen-bond donors (Lipinski definition) is 1. The summed E-state index contributed by atoms with van der Waals surface area (Å²) in [5.41, 5.74) is 2.84. The molecule has 1 aliphatic heterocycles. The van der Waals surface area contributed by atoms with Gasteiger partial charge in [0.15, 0.2) is 0 Å². The number of halogens is 1. The lowest BCUT2D eigenvalue weighted by atomic mass is 9.71. The van der Waals surface area contributed by atoms with Crippen molar-refractivity contribution in [1.29, 1.82) is 0 Å². The van der Waals surface area contributed by atoms with Gasteiger partial charge in [-0.2, -0.15) is 0 Å². The molecule has 1 fully saturated rings. The monoisotopic (exact) mass is 331 g/mol. The fourth-order valence-corrected chi connectivity index (χ4v) is 3.29. The second kappa shape index (κ2) is 5.58. The van der Waals surface area contributed by atoms with Crippen LogP contribution in [0.3, 0.4) is 0 Å². The van der Waals surface area contributed by atoms with Gasteiger partial charge in [-0.3, -0.25) is 0 Å². The molecule has 0 aliphatic carbocycles. The third-order valence-electron chi connectivity index (χ3n) is 4.09. The molecule has 0 saturated carbocycles. The van der Waals surface area contributed by atoms with Crippen molar-refractivity contribution < 1.29 is 4.74 Å². The van der Waals surface area contributed by atoms with Crippen molar-refractivity contribution in [3.63, 3.8) is 0 Å². The van der Waals surface area contributed by atoms with Gasteiger partial charge in [-0.05, 0) is 35.7 Å². The van der Waals surface area contributed by atoms with Crippen molar-refractivity contribution in [2.24, 2.45) is 0 Å². The van der Waals surface area contributed by atoms with E-state index in [1.807, 2.05) is 12.1 Å². The number of nitrogens with one attached hydrogen (secondary N) is 1. The Morgan fingerprint density at radius 2 is 1.95 bits per heavy atom. The van der Waals surface area contributed by atoms with Crippen molar-refractivity contribution in [2.45, 2.75) is 11.8 Å². The first-order valence-electron chi connectivity index (χ1n) is 6.82. The molecule has 3 rings (SSSR count). The molecule has 20 heavy (non-hydrogen) atoms. The third-order valence-corrected chi connectivity index (χ3v) is 4.58. The molecule has 1 N–H and O–H groups in total. The van der Waals surface area contributed by atoms with E-state index in [2.05, 4.69) is 57.6 Å². The summed E-state index contributed by atoms with van der Waals surface area (Å²) in [5, 5.41) is 3.42. The Kier molecular flexibility index (Phi) is 3.81. The first kappa shape index (κ1) is 13.7. The van der Waals surface area contributed by atoms with E-state index in [9.17, 15) is 0 Å². The summed E-state index contributed by atoms with van der Waals surface area (Å²) in [6.07, 6.45) is 1.00. The zero-order valence-electron chi connectivity index (χ0n) is 11.5. The molecule has 2 nitrogen and oxygen atoms in total. The molecule has 0 spiro atoms. The van der Waals surface area contributed by atoms with E-state index in [4.69, 9.17) is 4.74 Å². The predicted octanol–water partition coefficient (Wildman–Crippen LogP) is 3.54. The molecule has 3 heteroatoms. The summed E-state index contributed by atoms with van der Waals surface area (Å²) < 4.78 is 6.63. The summed E-state index contributed by atoms with van der Waals surface area (Å²) >= 11 is 3.58. The first-order valence-corrected chi connectivity index (χ1v) is 7.61. The summed E-state index contributed by atoms with van der Waals surface area (Å²) in [5.74, 6) is 0.980. The summed E-state index contributed by atoms with van der Waals surface area (Å²) in [4.78, 5) is 0. The maximum Gasteiger partial charge on any atom is 0.122 e. The molecular weight excluding hydrogens is 314 g/mol. The van der Waals surface area contributed by atoms with Gasteiger partial charge in [-0.15, -0.1) is 0 Å². The summed E-state index contributed by atoms with van der Waals surface area (Å²) in [6.45, 7) is 2.03. The Morgan fingerprint density at radius 1 is 1.15 bits per heavy atom. The molecule has 2 aromatic carbocycles.